The summed E-state index contributed by atoms with van der Waals surface area (Å²) in [5, 5.41) is 0. The van der Waals surface area contributed by atoms with Crippen molar-refractivity contribution in [2.24, 2.45) is 0 Å². The summed E-state index contributed by atoms with van der Waals surface area (Å²) in [5.74, 6) is 0.254. The van der Waals surface area contributed by atoms with Crippen molar-refractivity contribution in [2.75, 3.05) is 0 Å². The first-order valence-corrected chi connectivity index (χ1v) is 11.5. The van der Waals surface area contributed by atoms with Gasteiger partial charge in [0.25, 0.3) is 0 Å². The molecule has 4 aromatic carbocycles. The number of aryl methyl sites for hydroxylation is 2. The van der Waals surface area contributed by atoms with Crippen LogP contribution in [0.3, 0.4) is 0 Å². The van der Waals surface area contributed by atoms with E-state index in [9.17, 15) is 9.59 Å². The van der Waals surface area contributed by atoms with Crippen molar-refractivity contribution in [3.8, 4) is 11.5 Å². The minimum Gasteiger partial charge on any atom is -0.423 e. The molecule has 35 heavy (non-hydrogen) atoms. The predicted molar refractivity (Wildman–Crippen MR) is 137 cm³/mol. The van der Waals surface area contributed by atoms with Crippen LogP contribution in [0.15, 0.2) is 97.1 Å². The highest BCUT2D eigenvalue weighted by molar-refractivity contribution is 5.93. The molecule has 0 aromatic heterocycles. The second-order valence-electron chi connectivity index (χ2n) is 9.08. The van der Waals surface area contributed by atoms with E-state index in [4.69, 9.17) is 9.47 Å². The topological polar surface area (TPSA) is 52.6 Å². The molecular weight excluding hydrogens is 436 g/mol. The quantitative estimate of drug-likeness (QED) is 0.226. The normalized spacial score (nSPS) is 11.1. The molecule has 4 nitrogen and oxygen atoms in total. The third kappa shape index (κ3) is 5.33. The lowest BCUT2D eigenvalue weighted by Gasteiger charge is -2.26. The molecule has 4 heteroatoms. The predicted octanol–water partition coefficient (Wildman–Crippen LogP) is 7.07. The number of hydrogen-bond donors (Lipinski definition) is 0. The lowest BCUT2D eigenvalue weighted by Crippen LogP contribution is -2.19. The first-order chi connectivity index (χ1) is 16.8. The second-order valence-corrected chi connectivity index (χ2v) is 9.08. The summed E-state index contributed by atoms with van der Waals surface area (Å²) in [6, 6.07) is 29.8. The fraction of sp³-hybridized carbons (Fsp3) is 0.161. The van der Waals surface area contributed by atoms with Crippen LogP contribution in [-0.2, 0) is 5.41 Å². The molecular formula is C31H28O4. The highest BCUT2D eigenvalue weighted by Gasteiger charge is 2.24. The summed E-state index contributed by atoms with van der Waals surface area (Å²) in [6.07, 6.45) is 0. The first kappa shape index (κ1) is 24.0. The molecule has 0 N–H and O–H groups in total. The zero-order chi connectivity index (χ0) is 25.0. The van der Waals surface area contributed by atoms with Gasteiger partial charge >= 0.3 is 11.9 Å². The zero-order valence-electron chi connectivity index (χ0n) is 20.4. The standard InChI is InChI=1S/C31H28O4/c1-21-9-5-7-11-27(21)29(32)34-25-17-13-23(14-18-25)31(3,4)24-15-19-26(20-16-24)35-30(33)28-12-8-6-10-22(28)2/h5-20H,1-4H3. The molecule has 4 rings (SSSR count). The van der Waals surface area contributed by atoms with Crippen LogP contribution in [0.1, 0.15) is 56.8 Å². The molecule has 0 amide bonds. The van der Waals surface area contributed by atoms with Crippen LogP contribution in [0.4, 0.5) is 0 Å². The number of esters is 2. The van der Waals surface area contributed by atoms with Gasteiger partial charge in [-0.05, 0) is 72.5 Å². The largest absolute Gasteiger partial charge is 0.423 e. The highest BCUT2D eigenvalue weighted by Crippen LogP contribution is 2.33. The van der Waals surface area contributed by atoms with E-state index in [1.807, 2.05) is 98.8 Å². The van der Waals surface area contributed by atoms with E-state index in [-0.39, 0.29) is 17.4 Å². The lowest BCUT2D eigenvalue weighted by atomic mass is 9.78. The Labute approximate surface area is 206 Å². The van der Waals surface area contributed by atoms with Gasteiger partial charge in [0.1, 0.15) is 11.5 Å². The first-order valence-electron chi connectivity index (χ1n) is 11.5. The third-order valence-corrected chi connectivity index (χ3v) is 6.30. The summed E-state index contributed by atoms with van der Waals surface area (Å²) >= 11 is 0. The average Bonchev–Trinajstić information content (AvgIpc) is 2.85. The number of benzene rings is 4. The Morgan fingerprint density at radius 3 is 1.23 bits per heavy atom. The molecule has 0 saturated carbocycles. The van der Waals surface area contributed by atoms with Gasteiger partial charge in [-0.3, -0.25) is 0 Å². The smallest absolute Gasteiger partial charge is 0.343 e. The second kappa shape index (κ2) is 9.98. The van der Waals surface area contributed by atoms with E-state index in [1.165, 1.54) is 0 Å². The van der Waals surface area contributed by atoms with Gasteiger partial charge in [-0.25, -0.2) is 9.59 Å². The molecule has 0 aliphatic rings. The van der Waals surface area contributed by atoms with E-state index in [2.05, 4.69) is 13.8 Å². The van der Waals surface area contributed by atoms with Crippen molar-refractivity contribution in [1.82, 2.24) is 0 Å². The molecule has 0 heterocycles. The molecule has 0 aliphatic heterocycles. The van der Waals surface area contributed by atoms with Crippen molar-refractivity contribution in [3.05, 3.63) is 130 Å². The summed E-state index contributed by atoms with van der Waals surface area (Å²) in [6.45, 7) is 8.01. The number of ether oxygens (including phenoxy) is 2. The van der Waals surface area contributed by atoms with Gasteiger partial charge in [-0.15, -0.1) is 0 Å². The Balaban J connectivity index is 1.45. The van der Waals surface area contributed by atoms with Gasteiger partial charge in [-0.2, -0.15) is 0 Å². The van der Waals surface area contributed by atoms with Crippen LogP contribution < -0.4 is 9.47 Å². The van der Waals surface area contributed by atoms with E-state index in [0.29, 0.717) is 22.6 Å². The van der Waals surface area contributed by atoms with Crippen LogP contribution >= 0.6 is 0 Å². The van der Waals surface area contributed by atoms with E-state index in [1.54, 1.807) is 12.1 Å². The summed E-state index contributed by atoms with van der Waals surface area (Å²) < 4.78 is 11.1. The highest BCUT2D eigenvalue weighted by atomic mass is 16.5. The molecule has 0 bridgehead atoms. The van der Waals surface area contributed by atoms with Gasteiger partial charge in [0.15, 0.2) is 0 Å². The van der Waals surface area contributed by atoms with E-state index >= 15 is 0 Å². The summed E-state index contributed by atoms with van der Waals surface area (Å²) in [4.78, 5) is 25.0. The zero-order valence-corrected chi connectivity index (χ0v) is 20.4. The minimum absolute atomic E-state index is 0.308. The molecule has 0 fully saturated rings. The van der Waals surface area contributed by atoms with Crippen molar-refractivity contribution < 1.29 is 19.1 Å². The number of rotatable bonds is 6. The van der Waals surface area contributed by atoms with Crippen LogP contribution in [0.5, 0.6) is 11.5 Å². The maximum atomic E-state index is 12.5. The van der Waals surface area contributed by atoms with Crippen LogP contribution in [0.2, 0.25) is 0 Å². The van der Waals surface area contributed by atoms with Gasteiger partial charge in [-0.1, -0.05) is 74.5 Å². The molecule has 0 unspecified atom stereocenters. The molecule has 0 aliphatic carbocycles. The maximum absolute atomic E-state index is 12.5. The molecule has 4 aromatic rings. The Morgan fingerprint density at radius 1 is 0.543 bits per heavy atom. The summed E-state index contributed by atoms with van der Waals surface area (Å²) in [7, 11) is 0. The van der Waals surface area contributed by atoms with Crippen molar-refractivity contribution >= 4 is 11.9 Å². The SMILES string of the molecule is Cc1ccccc1C(=O)Oc1ccc(C(C)(C)c2ccc(OC(=O)c3ccccc3C)cc2)cc1. The third-order valence-electron chi connectivity index (χ3n) is 6.30. The maximum Gasteiger partial charge on any atom is 0.343 e. The molecule has 0 atom stereocenters. The van der Waals surface area contributed by atoms with Gasteiger partial charge in [0.2, 0.25) is 0 Å². The summed E-state index contributed by atoms with van der Waals surface area (Å²) in [5.41, 5.74) is 4.69. The van der Waals surface area contributed by atoms with Crippen molar-refractivity contribution in [2.45, 2.75) is 33.1 Å². The van der Waals surface area contributed by atoms with Crippen LogP contribution in [0.25, 0.3) is 0 Å². The number of carbonyl (C=O) groups excluding carboxylic acids is 2. The Bertz CT molecular complexity index is 1240. The molecule has 176 valence electrons. The van der Waals surface area contributed by atoms with Crippen molar-refractivity contribution in [1.29, 1.82) is 0 Å². The van der Waals surface area contributed by atoms with Crippen molar-refractivity contribution in [3.63, 3.8) is 0 Å². The molecule has 0 spiro atoms. The Kier molecular flexibility index (Phi) is 6.83. The lowest BCUT2D eigenvalue weighted by molar-refractivity contribution is 0.0724. The average molecular weight is 465 g/mol. The van der Waals surface area contributed by atoms with Gasteiger partial charge in [0, 0.05) is 5.41 Å². The van der Waals surface area contributed by atoms with Gasteiger partial charge < -0.3 is 9.47 Å². The fourth-order valence-electron chi connectivity index (χ4n) is 3.97. The van der Waals surface area contributed by atoms with E-state index in [0.717, 1.165) is 22.3 Å². The molecule has 0 radical (unpaired) electrons. The number of carbonyl (C=O) groups is 2. The number of hydrogen-bond acceptors (Lipinski definition) is 4. The minimum atomic E-state index is -0.369. The monoisotopic (exact) mass is 464 g/mol. The van der Waals surface area contributed by atoms with Crippen LogP contribution in [-0.4, -0.2) is 11.9 Å². The van der Waals surface area contributed by atoms with Gasteiger partial charge in [0.05, 0.1) is 11.1 Å². The Hall–Kier alpha value is -4.18. The fourth-order valence-corrected chi connectivity index (χ4v) is 3.97. The van der Waals surface area contributed by atoms with Crippen LogP contribution in [0, 0.1) is 13.8 Å². The molecule has 0 saturated heterocycles. The Morgan fingerprint density at radius 2 is 0.886 bits per heavy atom. The van der Waals surface area contributed by atoms with E-state index < -0.39 is 0 Å².